The van der Waals surface area contributed by atoms with Crippen LogP contribution in [0.2, 0.25) is 0 Å². The van der Waals surface area contributed by atoms with Gasteiger partial charge >= 0.3 is 5.97 Å². The Hall–Kier alpha value is -3.62. The van der Waals surface area contributed by atoms with Crippen molar-refractivity contribution >= 4 is 23.5 Å². The Morgan fingerprint density at radius 3 is 2.73 bits per heavy atom. The SMILES string of the molecule is CC(C(=O)O)N1Cc2ccc(N3CC[C@@H](Oc4ccc(OCC5CC5)nc4)C3=O)cc2C1=O. The van der Waals surface area contributed by atoms with Gasteiger partial charge in [-0.25, -0.2) is 9.78 Å². The minimum absolute atomic E-state index is 0.190. The molecule has 2 amide bonds. The molecule has 1 aromatic heterocycles. The number of hydrogen-bond donors (Lipinski definition) is 1. The Balaban J connectivity index is 1.24. The van der Waals surface area contributed by atoms with Crippen molar-refractivity contribution in [3.05, 3.63) is 47.7 Å². The van der Waals surface area contributed by atoms with Crippen LogP contribution in [0.15, 0.2) is 36.5 Å². The Bertz CT molecular complexity index is 1100. The highest BCUT2D eigenvalue weighted by atomic mass is 16.5. The average molecular weight is 451 g/mol. The lowest BCUT2D eigenvalue weighted by atomic mass is 10.1. The molecule has 1 unspecified atom stereocenters. The molecular weight excluding hydrogens is 426 g/mol. The lowest BCUT2D eigenvalue weighted by Gasteiger charge is -2.20. The van der Waals surface area contributed by atoms with Crippen molar-refractivity contribution in [3.63, 3.8) is 0 Å². The van der Waals surface area contributed by atoms with Crippen LogP contribution in [0.1, 0.15) is 42.1 Å². The molecule has 1 N–H and O–H groups in total. The number of hydrogen-bond acceptors (Lipinski definition) is 6. The Morgan fingerprint density at radius 2 is 2.03 bits per heavy atom. The fourth-order valence-corrected chi connectivity index (χ4v) is 4.12. The van der Waals surface area contributed by atoms with E-state index in [2.05, 4.69) is 4.98 Å². The summed E-state index contributed by atoms with van der Waals surface area (Å²) in [6.07, 6.45) is 3.84. The number of pyridine rings is 1. The highest BCUT2D eigenvalue weighted by molar-refractivity contribution is 6.03. The van der Waals surface area contributed by atoms with Crippen molar-refractivity contribution < 1.29 is 29.0 Å². The van der Waals surface area contributed by atoms with Crippen molar-refractivity contribution in [2.24, 2.45) is 5.92 Å². The van der Waals surface area contributed by atoms with E-state index in [1.165, 1.54) is 24.7 Å². The number of anilines is 1. The molecule has 1 aliphatic carbocycles. The lowest BCUT2D eigenvalue weighted by Crippen LogP contribution is -2.39. The predicted octanol–water partition coefficient (Wildman–Crippen LogP) is 2.48. The van der Waals surface area contributed by atoms with E-state index in [4.69, 9.17) is 9.47 Å². The van der Waals surface area contributed by atoms with Crippen LogP contribution in [-0.4, -0.2) is 58.1 Å². The number of carbonyl (C=O) groups is 3. The number of fused-ring (bicyclic) bond motifs is 1. The first kappa shape index (κ1) is 21.2. The third-order valence-corrected chi connectivity index (χ3v) is 6.37. The van der Waals surface area contributed by atoms with Gasteiger partial charge in [-0.1, -0.05) is 6.07 Å². The van der Waals surface area contributed by atoms with Crippen LogP contribution in [0.5, 0.6) is 11.6 Å². The molecular formula is C24H25N3O6. The summed E-state index contributed by atoms with van der Waals surface area (Å²) >= 11 is 0. The van der Waals surface area contributed by atoms with Gasteiger partial charge in [-0.2, -0.15) is 0 Å². The molecule has 33 heavy (non-hydrogen) atoms. The van der Waals surface area contributed by atoms with E-state index in [0.717, 1.165) is 5.56 Å². The molecule has 172 valence electrons. The van der Waals surface area contributed by atoms with Gasteiger partial charge in [0.25, 0.3) is 11.8 Å². The molecule has 2 atom stereocenters. The highest BCUT2D eigenvalue weighted by Gasteiger charge is 2.37. The van der Waals surface area contributed by atoms with Crippen LogP contribution in [0, 0.1) is 5.92 Å². The Kier molecular flexibility index (Phi) is 5.39. The summed E-state index contributed by atoms with van der Waals surface area (Å²) in [4.78, 5) is 44.2. The van der Waals surface area contributed by atoms with Gasteiger partial charge in [0, 0.05) is 36.8 Å². The number of carbonyl (C=O) groups excluding carboxylic acids is 2. The van der Waals surface area contributed by atoms with Gasteiger partial charge < -0.3 is 24.4 Å². The number of aromatic nitrogens is 1. The predicted molar refractivity (Wildman–Crippen MR) is 117 cm³/mol. The Morgan fingerprint density at radius 1 is 1.21 bits per heavy atom. The zero-order valence-corrected chi connectivity index (χ0v) is 18.3. The molecule has 2 fully saturated rings. The maximum atomic E-state index is 13.0. The van der Waals surface area contributed by atoms with Crippen molar-refractivity contribution in [3.8, 4) is 11.6 Å². The summed E-state index contributed by atoms with van der Waals surface area (Å²) < 4.78 is 11.5. The fraction of sp³-hybridized carbons (Fsp3) is 0.417. The zero-order valence-electron chi connectivity index (χ0n) is 18.3. The number of aliphatic carboxylic acids is 1. The summed E-state index contributed by atoms with van der Waals surface area (Å²) in [7, 11) is 0. The van der Waals surface area contributed by atoms with Gasteiger partial charge in [-0.15, -0.1) is 0 Å². The minimum Gasteiger partial charge on any atom is -0.480 e. The van der Waals surface area contributed by atoms with E-state index in [1.807, 2.05) is 0 Å². The topological polar surface area (TPSA) is 109 Å². The molecule has 9 heteroatoms. The molecule has 5 rings (SSSR count). The van der Waals surface area contributed by atoms with E-state index in [-0.39, 0.29) is 18.4 Å². The lowest BCUT2D eigenvalue weighted by molar-refractivity contribution is -0.141. The van der Waals surface area contributed by atoms with Gasteiger partial charge in [0.1, 0.15) is 11.8 Å². The third kappa shape index (κ3) is 4.22. The summed E-state index contributed by atoms with van der Waals surface area (Å²) in [6, 6.07) is 7.80. The van der Waals surface area contributed by atoms with Crippen molar-refractivity contribution in [1.82, 2.24) is 9.88 Å². The van der Waals surface area contributed by atoms with Crippen molar-refractivity contribution in [1.29, 1.82) is 0 Å². The second-order valence-electron chi connectivity index (χ2n) is 8.76. The minimum atomic E-state index is -1.05. The summed E-state index contributed by atoms with van der Waals surface area (Å²) in [5.74, 6) is 0.103. The number of benzene rings is 1. The van der Waals surface area contributed by atoms with Crippen molar-refractivity contribution in [2.75, 3.05) is 18.1 Å². The molecule has 9 nitrogen and oxygen atoms in total. The first-order valence-corrected chi connectivity index (χ1v) is 11.1. The van der Waals surface area contributed by atoms with Gasteiger partial charge in [0.2, 0.25) is 5.88 Å². The van der Waals surface area contributed by atoms with Crippen LogP contribution in [0.25, 0.3) is 0 Å². The quantitative estimate of drug-likeness (QED) is 0.657. The van der Waals surface area contributed by atoms with E-state index in [1.54, 1.807) is 41.4 Å². The summed E-state index contributed by atoms with van der Waals surface area (Å²) in [6.45, 7) is 2.87. The molecule has 2 aliphatic heterocycles. The van der Waals surface area contributed by atoms with Crippen LogP contribution < -0.4 is 14.4 Å². The van der Waals surface area contributed by atoms with Crippen LogP contribution in [0.3, 0.4) is 0 Å². The molecule has 0 spiro atoms. The maximum absolute atomic E-state index is 13.0. The number of carboxylic acids is 1. The van der Waals surface area contributed by atoms with E-state index < -0.39 is 18.1 Å². The molecule has 0 radical (unpaired) electrons. The van der Waals surface area contributed by atoms with E-state index in [0.29, 0.717) is 48.4 Å². The first-order chi connectivity index (χ1) is 15.9. The zero-order chi connectivity index (χ0) is 23.1. The summed E-state index contributed by atoms with van der Waals surface area (Å²) in [5, 5.41) is 9.25. The van der Waals surface area contributed by atoms with Gasteiger partial charge in [0.05, 0.1) is 12.8 Å². The normalized spacial score (nSPS) is 20.7. The summed E-state index contributed by atoms with van der Waals surface area (Å²) in [5.41, 5.74) is 1.79. The molecule has 3 heterocycles. The van der Waals surface area contributed by atoms with Crippen molar-refractivity contribution in [2.45, 2.75) is 44.9 Å². The van der Waals surface area contributed by atoms with Gasteiger partial charge in [-0.3, -0.25) is 9.59 Å². The number of nitrogens with zero attached hydrogens (tertiary/aromatic N) is 3. The molecule has 0 bridgehead atoms. The highest BCUT2D eigenvalue weighted by Crippen LogP contribution is 2.32. The number of amides is 2. The number of carboxylic acid groups (broad SMARTS) is 1. The smallest absolute Gasteiger partial charge is 0.326 e. The second-order valence-corrected chi connectivity index (χ2v) is 8.76. The van der Waals surface area contributed by atoms with E-state index in [9.17, 15) is 19.5 Å². The van der Waals surface area contributed by atoms with Crippen LogP contribution in [0.4, 0.5) is 5.69 Å². The second kappa shape index (κ2) is 8.38. The number of rotatable bonds is 8. The number of ether oxygens (including phenoxy) is 2. The van der Waals surface area contributed by atoms with E-state index >= 15 is 0 Å². The Labute approximate surface area is 190 Å². The average Bonchev–Trinajstić information content (AvgIpc) is 3.50. The fourth-order valence-electron chi connectivity index (χ4n) is 4.12. The molecule has 1 saturated heterocycles. The monoisotopic (exact) mass is 451 g/mol. The first-order valence-electron chi connectivity index (χ1n) is 11.1. The largest absolute Gasteiger partial charge is 0.480 e. The third-order valence-electron chi connectivity index (χ3n) is 6.37. The van der Waals surface area contributed by atoms with Gasteiger partial charge in [-0.05, 0) is 49.4 Å². The van der Waals surface area contributed by atoms with Crippen LogP contribution in [-0.2, 0) is 16.1 Å². The standard InChI is InChI=1S/C24H25N3O6/c1-14(24(30)31)27-12-16-4-5-17(10-19(16)22(27)28)26-9-8-20(23(26)29)33-18-6-7-21(25-11-18)32-13-15-2-3-15/h4-7,10-11,14-15,20H,2-3,8-9,12-13H2,1H3,(H,30,31)/t14?,20-/m1/s1. The molecule has 2 aromatic rings. The molecule has 1 saturated carbocycles. The molecule has 3 aliphatic rings. The van der Waals surface area contributed by atoms with Gasteiger partial charge in [0.15, 0.2) is 6.10 Å². The maximum Gasteiger partial charge on any atom is 0.326 e. The molecule has 1 aromatic carbocycles. The van der Waals surface area contributed by atoms with Crippen LogP contribution >= 0.6 is 0 Å².